The number of aliphatic imine (C=N–C) groups is 2. The zero-order valence-electron chi connectivity index (χ0n) is 3.77. The van der Waals surface area contributed by atoms with Crippen molar-refractivity contribution in [3.63, 3.8) is 0 Å². The van der Waals surface area contributed by atoms with E-state index < -0.39 is 0 Å². The summed E-state index contributed by atoms with van der Waals surface area (Å²) in [6.45, 7) is 0. The Kier molecular flexibility index (Phi) is 1.60. The van der Waals surface area contributed by atoms with E-state index in [4.69, 9.17) is 0 Å². The van der Waals surface area contributed by atoms with Gasteiger partial charge in [-0.3, -0.25) is 0 Å². The summed E-state index contributed by atoms with van der Waals surface area (Å²) in [5, 5.41) is 0. The Morgan fingerprint density at radius 2 is 2.62 bits per heavy atom. The molecule has 1 unspecified atom stereocenters. The molecule has 2 aliphatic heterocycles. The zero-order chi connectivity index (χ0) is 5.40. The van der Waals surface area contributed by atoms with Gasteiger partial charge in [-0.2, -0.15) is 0 Å². The summed E-state index contributed by atoms with van der Waals surface area (Å²) >= 11 is 2.31. The van der Waals surface area contributed by atoms with Gasteiger partial charge in [0.05, 0.1) is 0 Å². The second-order valence-electron chi connectivity index (χ2n) is 1.26. The number of rotatable bonds is 0. The third kappa shape index (κ3) is 0.950. The number of hydrogen-bond donors (Lipinski definition) is 0. The molecule has 0 radical (unpaired) electrons. The molecule has 8 heavy (non-hydrogen) atoms. The van der Waals surface area contributed by atoms with Crippen molar-refractivity contribution in [3.8, 4) is 0 Å². The summed E-state index contributed by atoms with van der Waals surface area (Å²) in [5.41, 5.74) is 0. The standard InChI is InChI=1S/C3H2N2Se3/c1-4-2-6-3(5-1)8-7-2/h1-2H. The van der Waals surface area contributed by atoms with Crippen molar-refractivity contribution >= 4 is 51.1 Å². The van der Waals surface area contributed by atoms with Gasteiger partial charge in [0.1, 0.15) is 0 Å². The molecular formula is C3H2N2Se3. The fourth-order valence-electron chi connectivity index (χ4n) is 0.450. The predicted molar refractivity (Wildman–Crippen MR) is 37.0 cm³/mol. The molecule has 2 rings (SSSR count). The average molecular weight is 303 g/mol. The third-order valence-corrected chi connectivity index (χ3v) is 18.2. The van der Waals surface area contributed by atoms with Crippen LogP contribution in [0.25, 0.3) is 0 Å². The van der Waals surface area contributed by atoms with Crippen LogP contribution in [-0.2, 0) is 0 Å². The van der Waals surface area contributed by atoms with Crippen molar-refractivity contribution in [2.24, 2.45) is 9.98 Å². The van der Waals surface area contributed by atoms with E-state index >= 15 is 0 Å². The van der Waals surface area contributed by atoms with Gasteiger partial charge < -0.3 is 0 Å². The molecule has 0 amide bonds. The van der Waals surface area contributed by atoms with E-state index in [1.165, 1.54) is 3.51 Å². The van der Waals surface area contributed by atoms with Gasteiger partial charge in [0.2, 0.25) is 0 Å². The van der Waals surface area contributed by atoms with E-state index in [-0.39, 0.29) is 0 Å². The minimum atomic E-state index is 0.689. The third-order valence-electron chi connectivity index (χ3n) is 0.755. The van der Waals surface area contributed by atoms with E-state index in [9.17, 15) is 0 Å². The maximum absolute atomic E-state index is 4.25. The normalized spacial score (nSPS) is 33.0. The molecule has 2 bridgehead atoms. The predicted octanol–water partition coefficient (Wildman–Crippen LogP) is -1.29. The van der Waals surface area contributed by atoms with E-state index in [1.54, 1.807) is 6.34 Å². The van der Waals surface area contributed by atoms with Crippen molar-refractivity contribution in [2.45, 2.75) is 3.84 Å². The molecule has 0 aromatic carbocycles. The van der Waals surface area contributed by atoms with Crippen molar-refractivity contribution in [2.75, 3.05) is 0 Å². The SMILES string of the molecule is C1=NC2[Se][Se]C(=N1)[Se]2. The molecule has 2 aliphatic rings. The van der Waals surface area contributed by atoms with Gasteiger partial charge in [-0.25, -0.2) is 0 Å². The van der Waals surface area contributed by atoms with E-state index in [0.717, 1.165) is 30.1 Å². The first-order valence-corrected chi connectivity index (χ1v) is 10.1. The summed E-state index contributed by atoms with van der Waals surface area (Å²) in [6.07, 6.45) is 1.75. The molecular weight excluding hydrogens is 301 g/mol. The maximum atomic E-state index is 4.25. The van der Waals surface area contributed by atoms with Crippen LogP contribution in [0.4, 0.5) is 0 Å². The van der Waals surface area contributed by atoms with Crippen LogP contribution in [0.2, 0.25) is 0 Å². The molecule has 42 valence electrons. The fraction of sp³-hybridized carbons (Fsp3) is 0.333. The Morgan fingerprint density at radius 1 is 1.62 bits per heavy atom. The first-order valence-electron chi connectivity index (χ1n) is 2.04. The van der Waals surface area contributed by atoms with Gasteiger partial charge in [-0.15, -0.1) is 0 Å². The van der Waals surface area contributed by atoms with E-state index in [1.807, 2.05) is 0 Å². The number of nitrogens with zero attached hydrogens (tertiary/aromatic N) is 2. The molecule has 2 nitrogen and oxygen atoms in total. The number of fused-ring (bicyclic) bond motifs is 2. The topological polar surface area (TPSA) is 24.7 Å². The fourth-order valence-corrected chi connectivity index (χ4v) is 18.4. The molecule has 0 aromatic heterocycles. The Hall–Kier alpha value is 0.898. The molecule has 1 fully saturated rings. The molecule has 0 spiro atoms. The van der Waals surface area contributed by atoms with Crippen molar-refractivity contribution in [1.29, 1.82) is 0 Å². The molecule has 2 heterocycles. The van der Waals surface area contributed by atoms with E-state index in [0.29, 0.717) is 15.0 Å². The molecule has 0 N–H and O–H groups in total. The summed E-state index contributed by atoms with van der Waals surface area (Å²) in [7, 11) is 0. The van der Waals surface area contributed by atoms with Gasteiger partial charge in [0.15, 0.2) is 0 Å². The van der Waals surface area contributed by atoms with Gasteiger partial charge in [-0.05, 0) is 0 Å². The van der Waals surface area contributed by atoms with Crippen LogP contribution in [0.5, 0.6) is 0 Å². The molecule has 5 heteroatoms. The van der Waals surface area contributed by atoms with Gasteiger partial charge in [-0.1, -0.05) is 0 Å². The first-order chi connectivity index (χ1) is 3.95. The monoisotopic (exact) mass is 306 g/mol. The second-order valence-corrected chi connectivity index (χ2v) is 12.7. The van der Waals surface area contributed by atoms with Crippen LogP contribution in [0.15, 0.2) is 9.98 Å². The van der Waals surface area contributed by atoms with Crippen molar-refractivity contribution < 1.29 is 0 Å². The molecule has 0 aliphatic carbocycles. The first kappa shape index (κ1) is 5.67. The van der Waals surface area contributed by atoms with E-state index in [2.05, 4.69) is 9.98 Å². The van der Waals surface area contributed by atoms with Crippen LogP contribution >= 0.6 is 0 Å². The number of hydrogen-bond acceptors (Lipinski definition) is 2. The van der Waals surface area contributed by atoms with Gasteiger partial charge >= 0.3 is 64.9 Å². The summed E-state index contributed by atoms with van der Waals surface area (Å²) in [4.78, 5) is 8.43. The summed E-state index contributed by atoms with van der Waals surface area (Å²) in [5.74, 6) is 0. The summed E-state index contributed by atoms with van der Waals surface area (Å²) in [6, 6.07) is 0. The Morgan fingerprint density at radius 3 is 3.38 bits per heavy atom. The second kappa shape index (κ2) is 2.26. The summed E-state index contributed by atoms with van der Waals surface area (Å²) < 4.78 is 2.26. The van der Waals surface area contributed by atoms with Gasteiger partial charge in [0, 0.05) is 0 Å². The molecule has 0 aromatic rings. The molecule has 1 saturated heterocycles. The van der Waals surface area contributed by atoms with Crippen LogP contribution in [0.1, 0.15) is 0 Å². The Labute approximate surface area is 64.6 Å². The van der Waals surface area contributed by atoms with Crippen LogP contribution < -0.4 is 0 Å². The minimum absolute atomic E-state index is 0.689. The zero-order valence-corrected chi connectivity index (χ0v) is 8.91. The van der Waals surface area contributed by atoms with Crippen LogP contribution in [0, 0.1) is 0 Å². The van der Waals surface area contributed by atoms with Crippen molar-refractivity contribution in [3.05, 3.63) is 0 Å². The molecule has 0 saturated carbocycles. The van der Waals surface area contributed by atoms with Crippen LogP contribution in [0.3, 0.4) is 0 Å². The Balaban J connectivity index is 2.34. The van der Waals surface area contributed by atoms with Gasteiger partial charge in [0.25, 0.3) is 0 Å². The van der Waals surface area contributed by atoms with Crippen LogP contribution in [-0.4, -0.2) is 54.9 Å². The molecule has 1 atom stereocenters. The van der Waals surface area contributed by atoms with Crippen molar-refractivity contribution in [1.82, 2.24) is 0 Å². The quantitative estimate of drug-likeness (QED) is 0.498. The average Bonchev–Trinajstić information content (AvgIpc) is 2.12. The Bertz CT molecular complexity index is 164.